The van der Waals surface area contributed by atoms with E-state index in [1.165, 1.54) is 0 Å². The number of hydrogen-bond acceptors (Lipinski definition) is 4. The molecule has 0 aromatic rings. The Kier molecular flexibility index (Phi) is 6.12. The summed E-state index contributed by atoms with van der Waals surface area (Å²) in [6.07, 6.45) is 4.33. The Labute approximate surface area is 109 Å². The van der Waals surface area contributed by atoms with Crippen LogP contribution in [0.15, 0.2) is 0 Å². The van der Waals surface area contributed by atoms with Gasteiger partial charge in [-0.25, -0.2) is 0 Å². The summed E-state index contributed by atoms with van der Waals surface area (Å²) < 4.78 is 5.11. The number of amides is 1. The highest BCUT2D eigenvalue weighted by Crippen LogP contribution is 2.22. The smallest absolute Gasteiger partial charge is 0.323 e. The van der Waals surface area contributed by atoms with Gasteiger partial charge in [-0.15, -0.1) is 0 Å². The van der Waals surface area contributed by atoms with Crippen LogP contribution >= 0.6 is 0 Å². The molecule has 0 aliphatic carbocycles. The van der Waals surface area contributed by atoms with Crippen molar-refractivity contribution in [3.05, 3.63) is 0 Å². The average Bonchev–Trinajstić information content (AvgIpc) is 2.36. The van der Waals surface area contributed by atoms with Crippen molar-refractivity contribution in [1.29, 1.82) is 0 Å². The van der Waals surface area contributed by atoms with Crippen LogP contribution in [0.5, 0.6) is 0 Å². The predicted molar refractivity (Wildman–Crippen MR) is 68.9 cm³/mol. The summed E-state index contributed by atoms with van der Waals surface area (Å²) in [4.78, 5) is 25.4. The first kappa shape index (κ1) is 15.0. The number of nitrogens with two attached hydrogens (primary N) is 1. The maximum Gasteiger partial charge on any atom is 0.323 e. The Morgan fingerprint density at radius 3 is 2.67 bits per heavy atom. The van der Waals surface area contributed by atoms with Gasteiger partial charge in [0.1, 0.15) is 6.04 Å². The van der Waals surface area contributed by atoms with E-state index in [0.717, 1.165) is 32.2 Å². The number of esters is 1. The monoisotopic (exact) mass is 256 g/mol. The number of carbonyl (C=O) groups excluding carboxylic acids is 2. The van der Waals surface area contributed by atoms with Gasteiger partial charge in [0.2, 0.25) is 5.91 Å². The highest BCUT2D eigenvalue weighted by atomic mass is 16.5. The predicted octanol–water partition coefficient (Wildman–Crippen LogP) is 1.06. The van der Waals surface area contributed by atoms with Gasteiger partial charge in [-0.1, -0.05) is 19.8 Å². The Bertz CT molecular complexity index is 294. The second kappa shape index (κ2) is 7.36. The van der Waals surface area contributed by atoms with Crippen LogP contribution in [0.25, 0.3) is 0 Å². The SMILES string of the molecule is CCCC(C(=O)OCC)N1CCCCC1C(N)=O. The molecule has 1 aliphatic heterocycles. The second-order valence-corrected chi connectivity index (χ2v) is 4.71. The van der Waals surface area contributed by atoms with E-state index >= 15 is 0 Å². The van der Waals surface area contributed by atoms with Gasteiger partial charge in [0.25, 0.3) is 0 Å². The van der Waals surface area contributed by atoms with Crippen LogP contribution in [-0.4, -0.2) is 42.0 Å². The lowest BCUT2D eigenvalue weighted by Crippen LogP contribution is -2.55. The third-order valence-electron chi connectivity index (χ3n) is 3.39. The van der Waals surface area contributed by atoms with Crippen molar-refractivity contribution in [3.8, 4) is 0 Å². The highest BCUT2D eigenvalue weighted by Gasteiger charge is 2.36. The van der Waals surface area contributed by atoms with Crippen molar-refractivity contribution >= 4 is 11.9 Å². The van der Waals surface area contributed by atoms with E-state index in [-0.39, 0.29) is 24.0 Å². The molecule has 18 heavy (non-hydrogen) atoms. The van der Waals surface area contributed by atoms with E-state index in [0.29, 0.717) is 13.0 Å². The van der Waals surface area contributed by atoms with Gasteiger partial charge in [-0.05, 0) is 32.7 Å². The minimum atomic E-state index is -0.333. The molecule has 1 saturated heterocycles. The summed E-state index contributed by atoms with van der Waals surface area (Å²) >= 11 is 0. The first-order chi connectivity index (χ1) is 8.61. The molecule has 2 N–H and O–H groups in total. The van der Waals surface area contributed by atoms with Crippen molar-refractivity contribution < 1.29 is 14.3 Å². The van der Waals surface area contributed by atoms with Crippen LogP contribution in [0.1, 0.15) is 46.0 Å². The Morgan fingerprint density at radius 2 is 2.11 bits per heavy atom. The molecule has 1 heterocycles. The molecule has 2 atom stereocenters. The number of nitrogens with zero attached hydrogens (tertiary/aromatic N) is 1. The van der Waals surface area contributed by atoms with Gasteiger partial charge in [0.05, 0.1) is 12.6 Å². The number of piperidine rings is 1. The molecule has 0 aromatic heterocycles. The third-order valence-corrected chi connectivity index (χ3v) is 3.39. The maximum atomic E-state index is 12.0. The van der Waals surface area contributed by atoms with E-state index in [1.807, 2.05) is 11.8 Å². The highest BCUT2D eigenvalue weighted by molar-refractivity contribution is 5.82. The van der Waals surface area contributed by atoms with Crippen molar-refractivity contribution in [1.82, 2.24) is 4.90 Å². The molecule has 2 unspecified atom stereocenters. The largest absolute Gasteiger partial charge is 0.465 e. The molecule has 1 rings (SSSR count). The molecule has 5 nitrogen and oxygen atoms in total. The molecule has 104 valence electrons. The minimum Gasteiger partial charge on any atom is -0.465 e. The van der Waals surface area contributed by atoms with Crippen LogP contribution in [0, 0.1) is 0 Å². The van der Waals surface area contributed by atoms with Crippen LogP contribution in [0.4, 0.5) is 0 Å². The number of rotatable bonds is 6. The Morgan fingerprint density at radius 1 is 1.39 bits per heavy atom. The summed E-state index contributed by atoms with van der Waals surface area (Å²) in [6.45, 7) is 4.93. The van der Waals surface area contributed by atoms with Crippen LogP contribution in [0.3, 0.4) is 0 Å². The van der Waals surface area contributed by atoms with Gasteiger partial charge in [-0.3, -0.25) is 14.5 Å². The molecule has 1 amide bonds. The fourth-order valence-electron chi connectivity index (χ4n) is 2.56. The van der Waals surface area contributed by atoms with E-state index in [2.05, 4.69) is 0 Å². The van der Waals surface area contributed by atoms with Crippen molar-refractivity contribution in [2.75, 3.05) is 13.2 Å². The number of ether oxygens (including phenoxy) is 1. The first-order valence-electron chi connectivity index (χ1n) is 6.83. The van der Waals surface area contributed by atoms with Crippen LogP contribution in [-0.2, 0) is 14.3 Å². The van der Waals surface area contributed by atoms with E-state index < -0.39 is 0 Å². The Hall–Kier alpha value is -1.10. The van der Waals surface area contributed by atoms with Crippen LogP contribution < -0.4 is 5.73 Å². The fourth-order valence-corrected chi connectivity index (χ4v) is 2.56. The molecule has 0 saturated carbocycles. The minimum absolute atomic E-state index is 0.229. The van der Waals surface area contributed by atoms with E-state index in [9.17, 15) is 9.59 Å². The topological polar surface area (TPSA) is 72.6 Å². The summed E-state index contributed by atoms with van der Waals surface area (Å²) in [5.41, 5.74) is 5.43. The van der Waals surface area contributed by atoms with Gasteiger partial charge in [0, 0.05) is 0 Å². The molecule has 0 radical (unpaired) electrons. The zero-order valence-electron chi connectivity index (χ0n) is 11.4. The van der Waals surface area contributed by atoms with Gasteiger partial charge in [0.15, 0.2) is 0 Å². The van der Waals surface area contributed by atoms with E-state index in [1.54, 1.807) is 6.92 Å². The zero-order valence-corrected chi connectivity index (χ0v) is 11.4. The van der Waals surface area contributed by atoms with Gasteiger partial charge >= 0.3 is 5.97 Å². The van der Waals surface area contributed by atoms with Crippen molar-refractivity contribution in [2.45, 2.75) is 58.0 Å². The standard InChI is InChI=1S/C13H24N2O3/c1-3-7-11(13(17)18-4-2)15-9-6-5-8-10(15)12(14)16/h10-11H,3-9H2,1-2H3,(H2,14,16). The molecule has 5 heteroatoms. The number of carbonyl (C=O) groups is 2. The van der Waals surface area contributed by atoms with Crippen molar-refractivity contribution in [3.63, 3.8) is 0 Å². The maximum absolute atomic E-state index is 12.0. The number of likely N-dealkylation sites (tertiary alicyclic amines) is 1. The van der Waals surface area contributed by atoms with Gasteiger partial charge < -0.3 is 10.5 Å². The van der Waals surface area contributed by atoms with Crippen molar-refractivity contribution in [2.24, 2.45) is 5.73 Å². The number of hydrogen-bond donors (Lipinski definition) is 1. The summed E-state index contributed by atoms with van der Waals surface area (Å²) in [7, 11) is 0. The van der Waals surface area contributed by atoms with E-state index in [4.69, 9.17) is 10.5 Å². The molecule has 0 spiro atoms. The second-order valence-electron chi connectivity index (χ2n) is 4.71. The fraction of sp³-hybridized carbons (Fsp3) is 0.846. The zero-order chi connectivity index (χ0) is 13.5. The Balaban J connectivity index is 2.80. The molecule has 1 fully saturated rings. The van der Waals surface area contributed by atoms with Gasteiger partial charge in [-0.2, -0.15) is 0 Å². The summed E-state index contributed by atoms with van der Waals surface area (Å²) in [5.74, 6) is -0.562. The van der Waals surface area contributed by atoms with Crippen LogP contribution in [0.2, 0.25) is 0 Å². The summed E-state index contributed by atoms with van der Waals surface area (Å²) in [6, 6.07) is -0.646. The molecule has 1 aliphatic rings. The molecular weight excluding hydrogens is 232 g/mol. The lowest BCUT2D eigenvalue weighted by atomic mass is 9.97. The molecule has 0 aromatic carbocycles. The normalized spacial score (nSPS) is 22.4. The third kappa shape index (κ3) is 3.70. The molecule has 0 bridgehead atoms. The number of primary amides is 1. The molecular formula is C13H24N2O3. The first-order valence-corrected chi connectivity index (χ1v) is 6.83. The average molecular weight is 256 g/mol. The lowest BCUT2D eigenvalue weighted by molar-refractivity contribution is -0.152. The summed E-state index contributed by atoms with van der Waals surface area (Å²) in [5, 5.41) is 0. The lowest BCUT2D eigenvalue weighted by Gasteiger charge is -2.38. The quantitative estimate of drug-likeness (QED) is 0.721.